The van der Waals surface area contributed by atoms with Gasteiger partial charge in [0.1, 0.15) is 0 Å². The van der Waals surface area contributed by atoms with Crippen molar-refractivity contribution in [2.45, 2.75) is 45.6 Å². The van der Waals surface area contributed by atoms with Crippen LogP contribution in [0.5, 0.6) is 0 Å². The highest BCUT2D eigenvalue weighted by Crippen LogP contribution is 2.24. The molecule has 6 heteroatoms. The van der Waals surface area contributed by atoms with Gasteiger partial charge in [-0.25, -0.2) is 13.4 Å². The van der Waals surface area contributed by atoms with Gasteiger partial charge in [0.15, 0.2) is 9.84 Å². The van der Waals surface area contributed by atoms with Gasteiger partial charge in [-0.05, 0) is 38.6 Å². The largest absolute Gasteiger partial charge is 0.314 e. The fourth-order valence-corrected chi connectivity index (χ4v) is 5.49. The van der Waals surface area contributed by atoms with Crippen LogP contribution in [0.25, 0.3) is 0 Å². The van der Waals surface area contributed by atoms with E-state index in [0.29, 0.717) is 23.5 Å². The van der Waals surface area contributed by atoms with E-state index in [4.69, 9.17) is 0 Å². The molecule has 2 unspecified atom stereocenters. The van der Waals surface area contributed by atoms with Gasteiger partial charge in [0, 0.05) is 23.5 Å². The lowest BCUT2D eigenvalue weighted by atomic mass is 9.97. The highest BCUT2D eigenvalue weighted by molar-refractivity contribution is 7.91. The molecule has 2 heterocycles. The molecule has 1 saturated heterocycles. The van der Waals surface area contributed by atoms with Crippen LogP contribution in [0.2, 0.25) is 0 Å². The number of nitrogens with one attached hydrogen (secondary N) is 1. The van der Waals surface area contributed by atoms with Gasteiger partial charge >= 0.3 is 0 Å². The number of rotatable bonds is 7. The normalized spacial score (nSPS) is 23.0. The summed E-state index contributed by atoms with van der Waals surface area (Å²) < 4.78 is 23.1. The maximum atomic E-state index is 11.6. The molecule has 0 spiro atoms. The van der Waals surface area contributed by atoms with E-state index in [2.05, 4.69) is 22.6 Å². The second-order valence-electron chi connectivity index (χ2n) is 5.74. The molecule has 1 aromatic heterocycles. The summed E-state index contributed by atoms with van der Waals surface area (Å²) in [7, 11) is -2.77. The quantitative estimate of drug-likeness (QED) is 0.838. The molecule has 0 saturated carbocycles. The third kappa shape index (κ3) is 4.82. The predicted octanol–water partition coefficient (Wildman–Crippen LogP) is 2.19. The first kappa shape index (κ1) is 15.9. The van der Waals surface area contributed by atoms with Crippen LogP contribution in [0.4, 0.5) is 0 Å². The lowest BCUT2D eigenvalue weighted by Gasteiger charge is -2.20. The summed E-state index contributed by atoms with van der Waals surface area (Å²) in [4.78, 5) is 4.52. The van der Waals surface area contributed by atoms with E-state index in [1.54, 1.807) is 11.3 Å². The van der Waals surface area contributed by atoms with E-state index >= 15 is 0 Å². The molecular weight excluding hydrogens is 292 g/mol. The highest BCUT2D eigenvalue weighted by Gasteiger charge is 2.29. The maximum Gasteiger partial charge on any atom is 0.150 e. The minimum absolute atomic E-state index is 0.315. The van der Waals surface area contributed by atoms with Crippen LogP contribution in [0.1, 0.15) is 36.9 Å². The second-order valence-corrected chi connectivity index (χ2v) is 8.91. The fraction of sp³-hybridized carbons (Fsp3) is 0.786. The Hall–Kier alpha value is -0.460. The van der Waals surface area contributed by atoms with Crippen molar-refractivity contribution < 1.29 is 8.42 Å². The molecule has 0 amide bonds. The lowest BCUT2D eigenvalue weighted by Crippen LogP contribution is -2.34. The molecule has 0 bridgehead atoms. The first-order valence-corrected chi connectivity index (χ1v) is 10.0. The molecular formula is C14H24N2O2S2. The Morgan fingerprint density at radius 1 is 1.55 bits per heavy atom. The Balaban J connectivity index is 1.93. The van der Waals surface area contributed by atoms with E-state index in [-0.39, 0.29) is 0 Å². The fourth-order valence-electron chi connectivity index (χ4n) is 2.75. The van der Waals surface area contributed by atoms with Crippen LogP contribution in [0, 0.1) is 12.8 Å². The number of aromatic nitrogens is 1. The minimum Gasteiger partial charge on any atom is -0.314 e. The third-order valence-corrected chi connectivity index (χ3v) is 6.54. The van der Waals surface area contributed by atoms with Crippen LogP contribution in [0.3, 0.4) is 0 Å². The van der Waals surface area contributed by atoms with Crippen LogP contribution in [-0.4, -0.2) is 37.5 Å². The van der Waals surface area contributed by atoms with Crippen molar-refractivity contribution in [3.8, 4) is 0 Å². The summed E-state index contributed by atoms with van der Waals surface area (Å²) in [5, 5.41) is 6.78. The molecule has 1 aromatic rings. The number of hydrogen-bond acceptors (Lipinski definition) is 5. The van der Waals surface area contributed by atoms with Crippen LogP contribution >= 0.6 is 11.3 Å². The highest BCUT2D eigenvalue weighted by atomic mass is 32.2. The van der Waals surface area contributed by atoms with Crippen LogP contribution in [0.15, 0.2) is 5.38 Å². The average Bonchev–Trinajstić information content (AvgIpc) is 2.92. The number of thiazole rings is 1. The van der Waals surface area contributed by atoms with Crippen molar-refractivity contribution in [3.05, 3.63) is 16.1 Å². The molecule has 1 aliphatic heterocycles. The molecule has 0 radical (unpaired) electrons. The molecule has 2 atom stereocenters. The summed E-state index contributed by atoms with van der Waals surface area (Å²) >= 11 is 1.70. The van der Waals surface area contributed by atoms with Gasteiger partial charge in [0.2, 0.25) is 0 Å². The summed E-state index contributed by atoms with van der Waals surface area (Å²) in [5.74, 6) is 1.05. The Morgan fingerprint density at radius 3 is 2.90 bits per heavy atom. The van der Waals surface area contributed by atoms with Crippen molar-refractivity contribution in [1.29, 1.82) is 0 Å². The standard InChI is InChI=1S/C14H24N2O2S2/c1-3-5-15-13(8-14-16-11(2)9-19-14)7-12-4-6-20(17,18)10-12/h9,12-13,15H,3-8,10H2,1-2H3. The Labute approximate surface area is 125 Å². The lowest BCUT2D eigenvalue weighted by molar-refractivity contribution is 0.402. The van der Waals surface area contributed by atoms with Crippen molar-refractivity contribution in [1.82, 2.24) is 10.3 Å². The monoisotopic (exact) mass is 316 g/mol. The number of sulfone groups is 1. The van der Waals surface area contributed by atoms with Gasteiger partial charge in [-0.3, -0.25) is 0 Å². The Kier molecular flexibility index (Phi) is 5.57. The van der Waals surface area contributed by atoms with Crippen molar-refractivity contribution in [2.75, 3.05) is 18.1 Å². The van der Waals surface area contributed by atoms with Crippen molar-refractivity contribution >= 4 is 21.2 Å². The first-order chi connectivity index (χ1) is 9.48. The molecule has 4 nitrogen and oxygen atoms in total. The zero-order valence-corrected chi connectivity index (χ0v) is 13.9. The Bertz CT molecular complexity index is 525. The van der Waals surface area contributed by atoms with E-state index in [1.165, 1.54) is 0 Å². The van der Waals surface area contributed by atoms with Gasteiger partial charge in [-0.2, -0.15) is 0 Å². The van der Waals surface area contributed by atoms with Gasteiger partial charge < -0.3 is 5.32 Å². The maximum absolute atomic E-state index is 11.6. The smallest absolute Gasteiger partial charge is 0.150 e. The number of hydrogen-bond donors (Lipinski definition) is 1. The third-order valence-electron chi connectivity index (χ3n) is 3.72. The zero-order chi connectivity index (χ0) is 14.6. The molecule has 20 heavy (non-hydrogen) atoms. The van der Waals surface area contributed by atoms with Gasteiger partial charge in [0.05, 0.1) is 16.5 Å². The molecule has 0 aliphatic carbocycles. The second kappa shape index (κ2) is 7.00. The van der Waals surface area contributed by atoms with Crippen LogP contribution < -0.4 is 5.32 Å². The number of nitrogens with zero attached hydrogens (tertiary/aromatic N) is 1. The minimum atomic E-state index is -2.77. The summed E-state index contributed by atoms with van der Waals surface area (Å²) in [6, 6.07) is 0.346. The Morgan fingerprint density at radius 2 is 2.35 bits per heavy atom. The molecule has 1 fully saturated rings. The zero-order valence-electron chi connectivity index (χ0n) is 12.3. The summed E-state index contributed by atoms with van der Waals surface area (Å²) in [6.07, 6.45) is 3.77. The van der Waals surface area contributed by atoms with Crippen LogP contribution in [-0.2, 0) is 16.3 Å². The first-order valence-electron chi connectivity index (χ1n) is 7.33. The SMILES string of the molecule is CCCNC(Cc1nc(C)cs1)CC1CCS(=O)(=O)C1. The molecule has 2 rings (SSSR count). The molecule has 1 aliphatic rings. The molecule has 0 aromatic carbocycles. The molecule has 114 valence electrons. The van der Waals surface area contributed by atoms with E-state index < -0.39 is 9.84 Å². The van der Waals surface area contributed by atoms with Crippen molar-refractivity contribution in [2.24, 2.45) is 5.92 Å². The van der Waals surface area contributed by atoms with Crippen molar-refractivity contribution in [3.63, 3.8) is 0 Å². The average molecular weight is 316 g/mol. The molecule has 1 N–H and O–H groups in total. The van der Waals surface area contributed by atoms with E-state index in [9.17, 15) is 8.42 Å². The van der Waals surface area contributed by atoms with E-state index in [0.717, 1.165) is 42.9 Å². The number of aryl methyl sites for hydroxylation is 1. The van der Waals surface area contributed by atoms with Gasteiger partial charge in [0.25, 0.3) is 0 Å². The van der Waals surface area contributed by atoms with Gasteiger partial charge in [-0.1, -0.05) is 6.92 Å². The van der Waals surface area contributed by atoms with Gasteiger partial charge in [-0.15, -0.1) is 11.3 Å². The predicted molar refractivity (Wildman–Crippen MR) is 84.0 cm³/mol. The summed E-state index contributed by atoms with van der Waals surface area (Å²) in [6.45, 7) is 5.14. The van der Waals surface area contributed by atoms with E-state index in [1.807, 2.05) is 6.92 Å². The summed E-state index contributed by atoms with van der Waals surface area (Å²) in [5.41, 5.74) is 1.07. The topological polar surface area (TPSA) is 59.1 Å².